The number of hydrogen-bond acceptors (Lipinski definition) is 3. The first kappa shape index (κ1) is 18.2. The van der Waals surface area contributed by atoms with Crippen molar-refractivity contribution in [2.75, 3.05) is 19.7 Å². The van der Waals surface area contributed by atoms with Gasteiger partial charge in [0, 0.05) is 24.5 Å². The summed E-state index contributed by atoms with van der Waals surface area (Å²) >= 11 is 0. The second-order valence-corrected chi connectivity index (χ2v) is 7.12. The Balaban J connectivity index is 1.74. The molecular formula is C18H25FN2O3. The minimum atomic E-state index is -0.407. The summed E-state index contributed by atoms with van der Waals surface area (Å²) in [5.41, 5.74) is -0.407. The molecule has 5 nitrogen and oxygen atoms in total. The van der Waals surface area contributed by atoms with Gasteiger partial charge in [-0.05, 0) is 37.1 Å². The third kappa shape index (κ3) is 5.22. The number of nitrogens with one attached hydrogen (secondary N) is 1. The van der Waals surface area contributed by atoms with Crippen molar-refractivity contribution >= 4 is 11.8 Å². The number of hydrogen-bond donors (Lipinski definition) is 1. The monoisotopic (exact) mass is 336 g/mol. The maximum atomic E-state index is 12.8. The molecule has 132 valence electrons. The summed E-state index contributed by atoms with van der Waals surface area (Å²) in [4.78, 5) is 25.9. The second-order valence-electron chi connectivity index (χ2n) is 7.12. The molecule has 0 bridgehead atoms. The summed E-state index contributed by atoms with van der Waals surface area (Å²) in [6, 6.07) is 5.69. The number of halogens is 1. The Kier molecular flexibility index (Phi) is 5.80. The van der Waals surface area contributed by atoms with Gasteiger partial charge in [0.25, 0.3) is 5.91 Å². The molecule has 24 heavy (non-hydrogen) atoms. The van der Waals surface area contributed by atoms with E-state index in [-0.39, 0.29) is 30.3 Å². The van der Waals surface area contributed by atoms with Crippen molar-refractivity contribution in [3.05, 3.63) is 30.1 Å². The SMILES string of the molecule is CC(C)(C)C(=O)NC1CCN(C(=O)COc2ccc(F)cc2)CC1. The average Bonchev–Trinajstić information content (AvgIpc) is 2.54. The van der Waals surface area contributed by atoms with Crippen LogP contribution in [0.1, 0.15) is 33.6 Å². The molecule has 2 amide bonds. The molecule has 0 saturated carbocycles. The predicted molar refractivity (Wildman–Crippen MR) is 89.1 cm³/mol. The Morgan fingerprint density at radius 1 is 1.21 bits per heavy atom. The quantitative estimate of drug-likeness (QED) is 0.918. The van der Waals surface area contributed by atoms with Gasteiger partial charge < -0.3 is 15.0 Å². The van der Waals surface area contributed by atoms with Crippen molar-refractivity contribution in [3.63, 3.8) is 0 Å². The molecule has 2 rings (SSSR count). The van der Waals surface area contributed by atoms with E-state index in [1.807, 2.05) is 20.8 Å². The third-order valence-corrected chi connectivity index (χ3v) is 4.04. The topological polar surface area (TPSA) is 58.6 Å². The summed E-state index contributed by atoms with van der Waals surface area (Å²) < 4.78 is 18.2. The number of amides is 2. The van der Waals surface area contributed by atoms with Gasteiger partial charge in [0.2, 0.25) is 5.91 Å². The zero-order chi connectivity index (χ0) is 17.7. The molecule has 0 spiro atoms. The Bertz CT molecular complexity index is 573. The molecule has 1 heterocycles. The number of ether oxygens (including phenoxy) is 1. The molecule has 0 radical (unpaired) electrons. The van der Waals surface area contributed by atoms with Crippen LogP contribution in [-0.4, -0.2) is 42.5 Å². The average molecular weight is 336 g/mol. The van der Waals surface area contributed by atoms with E-state index < -0.39 is 5.41 Å². The highest BCUT2D eigenvalue weighted by Crippen LogP contribution is 2.17. The number of benzene rings is 1. The van der Waals surface area contributed by atoms with Gasteiger partial charge in [0.05, 0.1) is 0 Å². The van der Waals surface area contributed by atoms with Crippen LogP contribution in [0, 0.1) is 11.2 Å². The van der Waals surface area contributed by atoms with Crippen molar-refractivity contribution in [2.24, 2.45) is 5.41 Å². The highest BCUT2D eigenvalue weighted by molar-refractivity contribution is 5.81. The van der Waals surface area contributed by atoms with E-state index in [4.69, 9.17) is 4.74 Å². The highest BCUT2D eigenvalue weighted by atomic mass is 19.1. The van der Waals surface area contributed by atoms with Crippen LogP contribution >= 0.6 is 0 Å². The molecule has 1 N–H and O–H groups in total. The summed E-state index contributed by atoms with van der Waals surface area (Å²) in [6.07, 6.45) is 1.48. The van der Waals surface area contributed by atoms with Gasteiger partial charge in [-0.2, -0.15) is 0 Å². The molecule has 0 atom stereocenters. The molecule has 0 aromatic heterocycles. The fourth-order valence-corrected chi connectivity index (χ4v) is 2.44. The van der Waals surface area contributed by atoms with E-state index in [1.54, 1.807) is 4.90 Å². The maximum absolute atomic E-state index is 12.8. The molecule has 0 aliphatic carbocycles. The van der Waals surface area contributed by atoms with Gasteiger partial charge in [0.1, 0.15) is 11.6 Å². The first-order chi connectivity index (χ1) is 11.3. The fraction of sp³-hybridized carbons (Fsp3) is 0.556. The van der Waals surface area contributed by atoms with Crippen LogP contribution in [0.4, 0.5) is 4.39 Å². The van der Waals surface area contributed by atoms with E-state index >= 15 is 0 Å². The summed E-state index contributed by atoms with van der Waals surface area (Å²) in [5.74, 6) is 0.0666. The number of rotatable bonds is 4. The van der Waals surface area contributed by atoms with E-state index in [0.29, 0.717) is 18.8 Å². The predicted octanol–water partition coefficient (Wildman–Crippen LogP) is 2.36. The zero-order valence-electron chi connectivity index (χ0n) is 14.5. The van der Waals surface area contributed by atoms with Gasteiger partial charge >= 0.3 is 0 Å². The van der Waals surface area contributed by atoms with Crippen molar-refractivity contribution in [3.8, 4) is 5.75 Å². The Hall–Kier alpha value is -2.11. The molecule has 1 aromatic rings. The Morgan fingerprint density at radius 3 is 2.33 bits per heavy atom. The third-order valence-electron chi connectivity index (χ3n) is 4.04. The lowest BCUT2D eigenvalue weighted by Crippen LogP contribution is -2.49. The standard InChI is InChI=1S/C18H25FN2O3/c1-18(2,3)17(23)20-14-8-10-21(11-9-14)16(22)12-24-15-6-4-13(19)5-7-15/h4-7,14H,8-12H2,1-3H3,(H,20,23). The molecule has 1 fully saturated rings. The molecule has 6 heteroatoms. The minimum Gasteiger partial charge on any atom is -0.484 e. The lowest BCUT2D eigenvalue weighted by atomic mass is 9.94. The van der Waals surface area contributed by atoms with Crippen LogP contribution in [0.5, 0.6) is 5.75 Å². The molecule has 1 saturated heterocycles. The van der Waals surface area contributed by atoms with Crippen LogP contribution in [0.25, 0.3) is 0 Å². The molecule has 1 aromatic carbocycles. The molecule has 0 unspecified atom stereocenters. The van der Waals surface area contributed by atoms with Gasteiger partial charge in [-0.25, -0.2) is 4.39 Å². The summed E-state index contributed by atoms with van der Waals surface area (Å²) in [5, 5.41) is 3.04. The number of likely N-dealkylation sites (tertiary alicyclic amines) is 1. The Labute approximate surface area is 142 Å². The molecular weight excluding hydrogens is 311 g/mol. The van der Waals surface area contributed by atoms with Crippen LogP contribution in [0.2, 0.25) is 0 Å². The fourth-order valence-electron chi connectivity index (χ4n) is 2.44. The highest BCUT2D eigenvalue weighted by Gasteiger charge is 2.27. The van der Waals surface area contributed by atoms with Gasteiger partial charge in [0.15, 0.2) is 6.61 Å². The first-order valence-corrected chi connectivity index (χ1v) is 8.23. The van der Waals surface area contributed by atoms with E-state index in [1.165, 1.54) is 24.3 Å². The van der Waals surface area contributed by atoms with E-state index in [0.717, 1.165) is 12.8 Å². The summed E-state index contributed by atoms with van der Waals surface area (Å²) in [7, 11) is 0. The normalized spacial score (nSPS) is 15.9. The number of piperidine rings is 1. The van der Waals surface area contributed by atoms with Crippen LogP contribution in [-0.2, 0) is 9.59 Å². The number of carbonyl (C=O) groups excluding carboxylic acids is 2. The van der Waals surface area contributed by atoms with E-state index in [2.05, 4.69) is 5.32 Å². The maximum Gasteiger partial charge on any atom is 0.260 e. The van der Waals surface area contributed by atoms with Gasteiger partial charge in [-0.15, -0.1) is 0 Å². The minimum absolute atomic E-state index is 0.0342. The van der Waals surface area contributed by atoms with Gasteiger partial charge in [-0.1, -0.05) is 20.8 Å². The van der Waals surface area contributed by atoms with Crippen LogP contribution < -0.4 is 10.1 Å². The largest absolute Gasteiger partial charge is 0.484 e. The van der Waals surface area contributed by atoms with Gasteiger partial charge in [-0.3, -0.25) is 9.59 Å². The lowest BCUT2D eigenvalue weighted by Gasteiger charge is -2.33. The zero-order valence-corrected chi connectivity index (χ0v) is 14.5. The summed E-state index contributed by atoms with van der Waals surface area (Å²) in [6.45, 7) is 6.78. The number of nitrogens with zero attached hydrogens (tertiary/aromatic N) is 1. The molecule has 1 aliphatic rings. The van der Waals surface area contributed by atoms with E-state index in [9.17, 15) is 14.0 Å². The van der Waals surface area contributed by atoms with Crippen molar-refractivity contribution in [1.82, 2.24) is 10.2 Å². The smallest absolute Gasteiger partial charge is 0.260 e. The lowest BCUT2D eigenvalue weighted by molar-refractivity contribution is -0.134. The van der Waals surface area contributed by atoms with Crippen LogP contribution in [0.15, 0.2) is 24.3 Å². The molecule has 1 aliphatic heterocycles. The Morgan fingerprint density at radius 2 is 1.79 bits per heavy atom. The number of carbonyl (C=O) groups is 2. The second kappa shape index (κ2) is 7.64. The van der Waals surface area contributed by atoms with Crippen molar-refractivity contribution in [1.29, 1.82) is 0 Å². The first-order valence-electron chi connectivity index (χ1n) is 8.23. The van der Waals surface area contributed by atoms with Crippen molar-refractivity contribution < 1.29 is 18.7 Å². The van der Waals surface area contributed by atoms with Crippen LogP contribution in [0.3, 0.4) is 0 Å². The van der Waals surface area contributed by atoms with Crippen molar-refractivity contribution in [2.45, 2.75) is 39.7 Å².